The van der Waals surface area contributed by atoms with E-state index in [4.69, 9.17) is 42.3 Å². The Labute approximate surface area is 296 Å². The molecule has 0 spiro atoms. The molecule has 11 heteroatoms. The largest absolute Gasteiger partial charge is 0.463 e. The average Bonchev–Trinajstić information content (AvgIpc) is 3.10. The van der Waals surface area contributed by atoms with Crippen LogP contribution in [0.3, 0.4) is 0 Å². The van der Waals surface area contributed by atoms with Crippen molar-refractivity contribution >= 4 is 24.7 Å². The summed E-state index contributed by atoms with van der Waals surface area (Å²) in [5.74, 6) is -0.157. The highest BCUT2D eigenvalue weighted by Gasteiger charge is 2.50. The van der Waals surface area contributed by atoms with Crippen LogP contribution in [0.2, 0.25) is 5.04 Å². The van der Waals surface area contributed by atoms with Crippen LogP contribution >= 0.6 is 0 Å². The molecule has 49 heavy (non-hydrogen) atoms. The SMILES string of the molecule is CCCCCC(=O)OCCOCCOCCOCCOCCOCCOCCOCCO[Si](c1ccccc1)(c1ccccc1)C(C)(C)C. The Morgan fingerprint density at radius 3 is 1.20 bits per heavy atom. The standard InChI is InChI=1S/C38H62O10Si/c1-5-6-9-18-37(39)47-33-31-45-29-27-43-25-23-41-21-19-40-20-22-42-24-26-44-28-30-46-32-34-48-49(38(2,3)4,35-14-10-7-11-15-35)36-16-12-8-13-17-36/h7-8,10-17H,5-6,9,18-34H2,1-4H3. The molecule has 0 saturated carbocycles. The maximum Gasteiger partial charge on any atom is 0.305 e. The quantitative estimate of drug-likeness (QED) is 0.0618. The zero-order valence-electron chi connectivity index (χ0n) is 30.5. The number of rotatable bonds is 31. The number of hydrogen-bond acceptors (Lipinski definition) is 10. The minimum atomic E-state index is -2.54. The van der Waals surface area contributed by atoms with E-state index in [1.165, 1.54) is 10.4 Å². The van der Waals surface area contributed by atoms with Crippen molar-refractivity contribution in [2.75, 3.05) is 106 Å². The van der Waals surface area contributed by atoms with E-state index >= 15 is 0 Å². The number of carbonyl (C=O) groups excluding carboxylic acids is 1. The second-order valence-corrected chi connectivity index (χ2v) is 16.8. The van der Waals surface area contributed by atoms with E-state index in [1.54, 1.807) is 0 Å². The molecule has 0 aliphatic heterocycles. The van der Waals surface area contributed by atoms with Crippen molar-refractivity contribution in [2.24, 2.45) is 0 Å². The molecule has 2 rings (SSSR count). The summed E-state index contributed by atoms with van der Waals surface area (Å²) in [6, 6.07) is 21.3. The molecule has 0 bridgehead atoms. The monoisotopic (exact) mass is 706 g/mol. The Bertz CT molecular complexity index is 1010. The smallest absolute Gasteiger partial charge is 0.305 e. The Balaban J connectivity index is 1.37. The van der Waals surface area contributed by atoms with E-state index in [9.17, 15) is 4.79 Å². The third kappa shape index (κ3) is 18.6. The lowest BCUT2D eigenvalue weighted by Crippen LogP contribution is -2.66. The lowest BCUT2D eigenvalue weighted by molar-refractivity contribution is -0.145. The lowest BCUT2D eigenvalue weighted by atomic mass is 10.2. The van der Waals surface area contributed by atoms with Gasteiger partial charge in [-0.2, -0.15) is 0 Å². The van der Waals surface area contributed by atoms with Gasteiger partial charge in [-0.3, -0.25) is 4.79 Å². The molecule has 0 N–H and O–H groups in total. The minimum Gasteiger partial charge on any atom is -0.463 e. The van der Waals surface area contributed by atoms with Gasteiger partial charge in [0.25, 0.3) is 8.32 Å². The first-order chi connectivity index (χ1) is 23.9. The normalized spacial score (nSPS) is 12.0. The number of esters is 1. The van der Waals surface area contributed by atoms with Crippen molar-refractivity contribution in [3.05, 3.63) is 60.7 Å². The Morgan fingerprint density at radius 2 is 0.857 bits per heavy atom. The number of carbonyl (C=O) groups is 1. The first kappa shape index (κ1) is 43.0. The molecule has 0 radical (unpaired) electrons. The molecule has 2 aromatic rings. The maximum absolute atomic E-state index is 11.5. The van der Waals surface area contributed by atoms with Gasteiger partial charge in [-0.05, 0) is 21.8 Å². The molecular formula is C38H62O10Si. The summed E-state index contributed by atoms with van der Waals surface area (Å²) in [7, 11) is -2.54. The van der Waals surface area contributed by atoms with Crippen LogP contribution in [0.4, 0.5) is 0 Å². The summed E-state index contributed by atoms with van der Waals surface area (Å²) in [5, 5.41) is 2.48. The molecular weight excluding hydrogens is 644 g/mol. The summed E-state index contributed by atoms with van der Waals surface area (Å²) in [6.45, 7) is 16.5. The Kier molecular flexibility index (Phi) is 24.1. The average molecular weight is 707 g/mol. The van der Waals surface area contributed by atoms with Crippen molar-refractivity contribution in [2.45, 2.75) is 58.4 Å². The molecule has 0 amide bonds. The van der Waals surface area contributed by atoms with E-state index in [-0.39, 0.29) is 17.6 Å². The highest BCUT2D eigenvalue weighted by molar-refractivity contribution is 6.99. The van der Waals surface area contributed by atoms with Crippen molar-refractivity contribution < 1.29 is 47.1 Å². The lowest BCUT2D eigenvalue weighted by Gasteiger charge is -2.43. The molecule has 0 aliphatic rings. The Morgan fingerprint density at radius 1 is 0.510 bits per heavy atom. The summed E-state index contributed by atoms with van der Waals surface area (Å²) in [6.07, 6.45) is 3.50. The predicted octanol–water partition coefficient (Wildman–Crippen LogP) is 4.80. The van der Waals surface area contributed by atoms with Gasteiger partial charge in [0.1, 0.15) is 6.61 Å². The third-order valence-corrected chi connectivity index (χ3v) is 12.7. The van der Waals surface area contributed by atoms with Gasteiger partial charge in [-0.15, -0.1) is 0 Å². The molecule has 0 atom stereocenters. The number of hydrogen-bond donors (Lipinski definition) is 0. The fourth-order valence-corrected chi connectivity index (χ4v) is 9.79. The van der Waals surface area contributed by atoms with Crippen LogP contribution in [0.5, 0.6) is 0 Å². The van der Waals surface area contributed by atoms with E-state index in [2.05, 4.69) is 88.4 Å². The molecule has 2 aromatic carbocycles. The maximum atomic E-state index is 11.5. The van der Waals surface area contributed by atoms with Crippen LogP contribution in [0, 0.1) is 0 Å². The minimum absolute atomic E-state index is 0.0563. The van der Waals surface area contributed by atoms with Gasteiger partial charge >= 0.3 is 5.97 Å². The summed E-state index contributed by atoms with van der Waals surface area (Å²) < 4.78 is 50.9. The van der Waals surface area contributed by atoms with Crippen molar-refractivity contribution in [1.29, 1.82) is 0 Å². The van der Waals surface area contributed by atoms with Gasteiger partial charge in [-0.25, -0.2) is 0 Å². The highest BCUT2D eigenvalue weighted by atomic mass is 28.4. The second-order valence-electron chi connectivity index (χ2n) is 12.5. The van der Waals surface area contributed by atoms with Gasteiger partial charge in [0.05, 0.1) is 99.1 Å². The first-order valence-corrected chi connectivity index (χ1v) is 19.8. The van der Waals surface area contributed by atoms with Crippen LogP contribution in [0.1, 0.15) is 53.4 Å². The van der Waals surface area contributed by atoms with Gasteiger partial charge in [0.2, 0.25) is 0 Å². The van der Waals surface area contributed by atoms with E-state index in [0.717, 1.165) is 19.3 Å². The predicted molar refractivity (Wildman–Crippen MR) is 194 cm³/mol. The van der Waals surface area contributed by atoms with Crippen molar-refractivity contribution in [3.63, 3.8) is 0 Å². The van der Waals surface area contributed by atoms with Crippen LogP contribution in [0.25, 0.3) is 0 Å². The van der Waals surface area contributed by atoms with Crippen LogP contribution in [0.15, 0.2) is 60.7 Å². The number of benzene rings is 2. The van der Waals surface area contributed by atoms with Crippen molar-refractivity contribution in [3.8, 4) is 0 Å². The molecule has 0 unspecified atom stereocenters. The molecule has 10 nitrogen and oxygen atoms in total. The molecule has 0 heterocycles. The summed E-state index contributed by atoms with van der Waals surface area (Å²) >= 11 is 0. The second kappa shape index (κ2) is 27.5. The molecule has 278 valence electrons. The van der Waals surface area contributed by atoms with E-state index in [1.807, 2.05) is 0 Å². The van der Waals surface area contributed by atoms with Crippen LogP contribution in [-0.2, 0) is 47.1 Å². The van der Waals surface area contributed by atoms with Gasteiger partial charge in [0, 0.05) is 6.42 Å². The fourth-order valence-electron chi connectivity index (χ4n) is 5.24. The van der Waals surface area contributed by atoms with Crippen molar-refractivity contribution in [1.82, 2.24) is 0 Å². The number of unbranched alkanes of at least 4 members (excludes halogenated alkanes) is 2. The van der Waals surface area contributed by atoms with Gasteiger partial charge < -0.3 is 42.3 Å². The van der Waals surface area contributed by atoms with Gasteiger partial charge in [-0.1, -0.05) is 101 Å². The highest BCUT2D eigenvalue weighted by Crippen LogP contribution is 2.36. The first-order valence-electron chi connectivity index (χ1n) is 17.9. The molecule has 0 fully saturated rings. The zero-order valence-corrected chi connectivity index (χ0v) is 31.5. The van der Waals surface area contributed by atoms with Crippen LogP contribution in [-0.4, -0.2) is 120 Å². The summed E-state index contributed by atoms with van der Waals surface area (Å²) in [5.41, 5.74) is 0. The molecule has 0 aliphatic carbocycles. The Hall–Kier alpha value is -2.19. The third-order valence-electron chi connectivity index (χ3n) is 7.67. The summed E-state index contributed by atoms with van der Waals surface area (Å²) in [4.78, 5) is 11.5. The molecule has 0 aromatic heterocycles. The van der Waals surface area contributed by atoms with Gasteiger partial charge in [0.15, 0.2) is 0 Å². The fraction of sp³-hybridized carbons (Fsp3) is 0.658. The van der Waals surface area contributed by atoms with Crippen LogP contribution < -0.4 is 10.4 Å². The zero-order chi connectivity index (χ0) is 35.3. The van der Waals surface area contributed by atoms with E-state index < -0.39 is 8.32 Å². The van der Waals surface area contributed by atoms with E-state index in [0.29, 0.717) is 106 Å². The number of ether oxygens (including phenoxy) is 8. The topological polar surface area (TPSA) is 100 Å². The molecule has 0 saturated heterocycles.